The van der Waals surface area contributed by atoms with Crippen molar-refractivity contribution in [3.8, 4) is 0 Å². The van der Waals surface area contributed by atoms with Gasteiger partial charge in [0.05, 0.1) is 24.0 Å². The van der Waals surface area contributed by atoms with Crippen molar-refractivity contribution in [2.45, 2.75) is 96.7 Å². The van der Waals surface area contributed by atoms with Crippen molar-refractivity contribution in [3.63, 3.8) is 0 Å². The van der Waals surface area contributed by atoms with Gasteiger partial charge in [0.15, 0.2) is 0 Å². The monoisotopic (exact) mass is 575 g/mol. The SMILES string of the molecule is CCCCCN1C(=O)C(CCC(=O)OCC)(C2Cc3ccccc3CN2C(=O)OC(C)(C)C)c2c(N=C=O)cccc21. The molecule has 0 saturated carbocycles. The predicted octanol–water partition coefficient (Wildman–Crippen LogP) is 6.13. The molecule has 0 aromatic heterocycles. The Bertz CT molecular complexity index is 1380. The summed E-state index contributed by atoms with van der Waals surface area (Å²) in [7, 11) is 0. The normalized spacial score (nSPS) is 19.5. The standard InChI is InChI=1S/C33H41N3O6/c1-6-8-11-19-35-26-16-12-15-25(34-22-37)29(26)33(30(35)39,18-17-28(38)41-7-2)27-20-23-13-9-10-14-24(23)21-36(27)31(40)42-32(3,4)5/h9-10,12-16,27H,6-8,11,17-21H2,1-5H3. The van der Waals surface area contributed by atoms with E-state index in [1.807, 2.05) is 30.3 Å². The number of ether oxygens (including phenoxy) is 2. The molecule has 9 nitrogen and oxygen atoms in total. The van der Waals surface area contributed by atoms with E-state index in [1.54, 1.807) is 55.7 Å². The fourth-order valence-electron chi connectivity index (χ4n) is 6.27. The molecule has 2 aromatic carbocycles. The summed E-state index contributed by atoms with van der Waals surface area (Å²) in [6, 6.07) is 12.4. The van der Waals surface area contributed by atoms with Crippen molar-refractivity contribution in [1.82, 2.24) is 4.90 Å². The maximum Gasteiger partial charge on any atom is 0.410 e. The second-order valence-corrected chi connectivity index (χ2v) is 11.9. The van der Waals surface area contributed by atoms with Crippen LogP contribution in [0.25, 0.3) is 0 Å². The quantitative estimate of drug-likeness (QED) is 0.146. The maximum absolute atomic E-state index is 14.9. The van der Waals surface area contributed by atoms with Gasteiger partial charge in [0.2, 0.25) is 12.0 Å². The molecular formula is C33H41N3O6. The summed E-state index contributed by atoms with van der Waals surface area (Å²) in [5.41, 5.74) is 1.29. The first-order chi connectivity index (χ1) is 20.1. The van der Waals surface area contributed by atoms with Gasteiger partial charge >= 0.3 is 12.1 Å². The number of esters is 1. The Morgan fingerprint density at radius 1 is 1.07 bits per heavy atom. The number of hydrogen-bond acceptors (Lipinski definition) is 7. The highest BCUT2D eigenvalue weighted by molar-refractivity contribution is 6.11. The number of anilines is 1. The molecular weight excluding hydrogens is 534 g/mol. The molecule has 0 saturated heterocycles. The Morgan fingerprint density at radius 2 is 1.81 bits per heavy atom. The van der Waals surface area contributed by atoms with Crippen LogP contribution in [0.2, 0.25) is 0 Å². The van der Waals surface area contributed by atoms with Crippen molar-refractivity contribution in [2.75, 3.05) is 18.1 Å². The van der Waals surface area contributed by atoms with Crippen LogP contribution in [0.1, 0.15) is 83.4 Å². The first kappa shape index (κ1) is 31.0. The molecule has 2 atom stereocenters. The molecule has 2 aliphatic rings. The summed E-state index contributed by atoms with van der Waals surface area (Å²) < 4.78 is 11.2. The smallest absolute Gasteiger partial charge is 0.410 e. The number of fused-ring (bicyclic) bond motifs is 2. The van der Waals surface area contributed by atoms with Crippen LogP contribution in [0.3, 0.4) is 0 Å². The van der Waals surface area contributed by atoms with Crippen LogP contribution in [0.15, 0.2) is 47.5 Å². The highest BCUT2D eigenvalue weighted by atomic mass is 16.6. The second kappa shape index (κ2) is 12.9. The number of isocyanates is 1. The molecule has 2 heterocycles. The van der Waals surface area contributed by atoms with Gasteiger partial charge in [0.25, 0.3) is 0 Å². The molecule has 2 aliphatic heterocycles. The number of carbonyl (C=O) groups excluding carboxylic acids is 4. The minimum absolute atomic E-state index is 0.0543. The number of hydrogen-bond donors (Lipinski definition) is 0. The van der Waals surface area contributed by atoms with Crippen LogP contribution in [0.5, 0.6) is 0 Å². The van der Waals surface area contributed by atoms with Crippen LogP contribution in [-0.4, -0.2) is 53.7 Å². The van der Waals surface area contributed by atoms with Crippen molar-refractivity contribution < 1.29 is 28.7 Å². The van der Waals surface area contributed by atoms with Gasteiger partial charge in [-0.05, 0) is 70.2 Å². The van der Waals surface area contributed by atoms with Crippen LogP contribution in [0, 0.1) is 0 Å². The molecule has 0 fully saturated rings. The molecule has 42 heavy (non-hydrogen) atoms. The molecule has 2 unspecified atom stereocenters. The maximum atomic E-state index is 14.9. The molecule has 0 N–H and O–H groups in total. The number of benzene rings is 2. The number of aliphatic imine (C=N–C) groups is 1. The lowest BCUT2D eigenvalue weighted by Gasteiger charge is -2.46. The predicted molar refractivity (Wildman–Crippen MR) is 159 cm³/mol. The molecule has 4 rings (SSSR count). The summed E-state index contributed by atoms with van der Waals surface area (Å²) in [5, 5.41) is 0. The Morgan fingerprint density at radius 3 is 2.48 bits per heavy atom. The van der Waals surface area contributed by atoms with E-state index >= 15 is 0 Å². The van der Waals surface area contributed by atoms with E-state index in [9.17, 15) is 19.2 Å². The van der Waals surface area contributed by atoms with Crippen molar-refractivity contribution >= 4 is 35.4 Å². The summed E-state index contributed by atoms with van der Waals surface area (Å²) in [6.45, 7) is 10.1. The fourth-order valence-corrected chi connectivity index (χ4v) is 6.27. The molecule has 224 valence electrons. The van der Waals surface area contributed by atoms with Gasteiger partial charge in [-0.3, -0.25) is 14.5 Å². The molecule has 0 spiro atoms. The summed E-state index contributed by atoms with van der Waals surface area (Å²) >= 11 is 0. The van der Waals surface area contributed by atoms with E-state index in [-0.39, 0.29) is 31.9 Å². The summed E-state index contributed by atoms with van der Waals surface area (Å²) in [5.74, 6) is -0.656. The molecule has 2 aromatic rings. The molecule has 0 aliphatic carbocycles. The van der Waals surface area contributed by atoms with E-state index in [4.69, 9.17) is 9.47 Å². The zero-order valence-electron chi connectivity index (χ0n) is 25.3. The number of nitrogens with zero attached hydrogens (tertiary/aromatic N) is 3. The van der Waals surface area contributed by atoms with Gasteiger partial charge in [-0.15, -0.1) is 0 Å². The van der Waals surface area contributed by atoms with E-state index in [1.165, 1.54) is 0 Å². The van der Waals surface area contributed by atoms with E-state index in [0.717, 1.165) is 30.4 Å². The fraction of sp³-hybridized carbons (Fsp3) is 0.515. The Balaban J connectivity index is 1.97. The van der Waals surface area contributed by atoms with E-state index in [0.29, 0.717) is 29.9 Å². The van der Waals surface area contributed by atoms with Crippen molar-refractivity contribution in [3.05, 3.63) is 59.2 Å². The Labute approximate surface area is 247 Å². The number of unbranched alkanes of at least 4 members (excludes halogenated alkanes) is 2. The Kier molecular flexibility index (Phi) is 9.52. The zero-order chi connectivity index (χ0) is 30.5. The summed E-state index contributed by atoms with van der Waals surface area (Å²) in [6.07, 6.45) is 4.16. The second-order valence-electron chi connectivity index (χ2n) is 11.9. The highest BCUT2D eigenvalue weighted by Crippen LogP contribution is 2.54. The third kappa shape index (κ3) is 6.12. The zero-order valence-corrected chi connectivity index (χ0v) is 25.3. The molecule has 0 bridgehead atoms. The lowest BCUT2D eigenvalue weighted by molar-refractivity contribution is -0.144. The largest absolute Gasteiger partial charge is 0.466 e. The first-order valence-electron chi connectivity index (χ1n) is 14.8. The Hall–Kier alpha value is -3.97. The lowest BCUT2D eigenvalue weighted by atomic mass is 9.67. The minimum atomic E-state index is -1.39. The van der Waals surface area contributed by atoms with E-state index < -0.39 is 29.1 Å². The van der Waals surface area contributed by atoms with Gasteiger partial charge in [0, 0.05) is 25.1 Å². The van der Waals surface area contributed by atoms with Gasteiger partial charge in [-0.1, -0.05) is 50.1 Å². The molecule has 0 radical (unpaired) electrons. The number of rotatable bonds is 10. The lowest BCUT2D eigenvalue weighted by Crippen LogP contribution is -2.60. The van der Waals surface area contributed by atoms with Gasteiger partial charge in [-0.25, -0.2) is 9.59 Å². The van der Waals surface area contributed by atoms with Crippen molar-refractivity contribution in [1.29, 1.82) is 0 Å². The van der Waals surface area contributed by atoms with Gasteiger partial charge in [0.1, 0.15) is 11.0 Å². The average Bonchev–Trinajstić information content (AvgIpc) is 3.19. The van der Waals surface area contributed by atoms with E-state index in [2.05, 4.69) is 11.9 Å². The molecule has 2 amide bonds. The molecule has 9 heteroatoms. The minimum Gasteiger partial charge on any atom is -0.466 e. The van der Waals surface area contributed by atoms with Crippen molar-refractivity contribution in [2.24, 2.45) is 4.99 Å². The summed E-state index contributed by atoms with van der Waals surface area (Å²) in [4.78, 5) is 60.7. The van der Waals surface area contributed by atoms with Crippen LogP contribution >= 0.6 is 0 Å². The van der Waals surface area contributed by atoms with Crippen LogP contribution in [-0.2, 0) is 42.2 Å². The number of amides is 2. The third-order valence-corrected chi connectivity index (χ3v) is 8.01. The highest BCUT2D eigenvalue weighted by Gasteiger charge is 2.60. The third-order valence-electron chi connectivity index (χ3n) is 8.01. The van der Waals surface area contributed by atoms with Gasteiger partial charge in [-0.2, -0.15) is 4.99 Å². The topological polar surface area (TPSA) is 106 Å². The first-order valence-corrected chi connectivity index (χ1v) is 14.8. The van der Waals surface area contributed by atoms with Gasteiger partial charge < -0.3 is 14.4 Å². The average molecular weight is 576 g/mol. The number of carbonyl (C=O) groups is 3. The van der Waals surface area contributed by atoms with Crippen LogP contribution in [0.4, 0.5) is 16.2 Å². The van der Waals surface area contributed by atoms with Crippen LogP contribution < -0.4 is 4.90 Å².